The fourth-order valence-electron chi connectivity index (χ4n) is 2.20. The van der Waals surface area contributed by atoms with Crippen LogP contribution in [0.3, 0.4) is 0 Å². The summed E-state index contributed by atoms with van der Waals surface area (Å²) in [6.45, 7) is 24.3. The maximum atomic E-state index is 9.80. The van der Waals surface area contributed by atoms with Gasteiger partial charge in [-0.2, -0.15) is 0 Å². The Morgan fingerprint density at radius 2 is 1.55 bits per heavy atom. The molecule has 0 aromatic heterocycles. The van der Waals surface area contributed by atoms with Crippen LogP contribution in [0.2, 0.25) is 0 Å². The molecule has 0 aliphatic heterocycles. The van der Waals surface area contributed by atoms with Crippen LogP contribution in [0.1, 0.15) is 94.9 Å². The van der Waals surface area contributed by atoms with E-state index in [1.165, 1.54) is 24.5 Å². The molecule has 0 bridgehead atoms. The van der Waals surface area contributed by atoms with E-state index < -0.39 is 6.10 Å². The third-order valence-corrected chi connectivity index (χ3v) is 4.00. The smallest absolute Gasteiger partial charge is 0.0812 e. The van der Waals surface area contributed by atoms with Gasteiger partial charge in [0, 0.05) is 0 Å². The number of aliphatic hydroxyl groups is 2. The monoisotopic (exact) mass is 434 g/mol. The second-order valence-corrected chi connectivity index (χ2v) is 7.26. The summed E-state index contributed by atoms with van der Waals surface area (Å²) in [5.41, 5.74) is 2.36. The zero-order valence-electron chi connectivity index (χ0n) is 22.4. The fraction of sp³-hybridized carbons (Fsp3) is 0.586. The number of hydrogen-bond donors (Lipinski definition) is 2. The molecule has 0 amide bonds. The van der Waals surface area contributed by atoms with E-state index in [2.05, 4.69) is 39.5 Å². The first kappa shape index (κ1) is 36.6. The molecule has 182 valence electrons. The number of hydrogen-bond acceptors (Lipinski definition) is 2. The third kappa shape index (κ3) is 28.2. The van der Waals surface area contributed by atoms with Crippen LogP contribution >= 0.6 is 0 Å². The average Bonchev–Trinajstić information content (AvgIpc) is 2.78. The topological polar surface area (TPSA) is 40.5 Å². The highest BCUT2D eigenvalue weighted by atomic mass is 16.3. The average molecular weight is 435 g/mol. The highest BCUT2D eigenvalue weighted by Crippen LogP contribution is 2.15. The Kier molecular flexibility index (Phi) is 35.9. The molecular weight excluding hydrogens is 380 g/mol. The van der Waals surface area contributed by atoms with Gasteiger partial charge in [-0.15, -0.1) is 0 Å². The van der Waals surface area contributed by atoms with Gasteiger partial charge in [-0.05, 0) is 56.1 Å². The van der Waals surface area contributed by atoms with Crippen LogP contribution in [-0.4, -0.2) is 16.3 Å². The molecule has 2 nitrogen and oxygen atoms in total. The number of allylic oxidation sites excluding steroid dienone is 8. The van der Waals surface area contributed by atoms with Crippen molar-refractivity contribution in [1.29, 1.82) is 0 Å². The zero-order chi connectivity index (χ0) is 25.1. The first-order valence-electron chi connectivity index (χ1n) is 12.1. The maximum absolute atomic E-state index is 9.80. The van der Waals surface area contributed by atoms with E-state index in [1.807, 2.05) is 72.8 Å². The fourth-order valence-corrected chi connectivity index (χ4v) is 2.20. The predicted octanol–water partition coefficient (Wildman–Crippen LogP) is 9.52. The number of aliphatic hydroxyl groups excluding tert-OH is 2. The summed E-state index contributed by atoms with van der Waals surface area (Å²) in [7, 11) is 0. The molecule has 0 fully saturated rings. The van der Waals surface area contributed by atoms with E-state index in [9.17, 15) is 5.11 Å². The molecule has 0 aliphatic rings. The van der Waals surface area contributed by atoms with Gasteiger partial charge in [0.1, 0.15) is 0 Å². The van der Waals surface area contributed by atoms with Crippen LogP contribution in [0, 0.1) is 11.8 Å². The molecule has 0 heterocycles. The van der Waals surface area contributed by atoms with Gasteiger partial charge in [0.2, 0.25) is 0 Å². The normalized spacial score (nSPS) is 12.9. The Morgan fingerprint density at radius 1 is 0.968 bits per heavy atom. The largest absolute Gasteiger partial charge is 0.516 e. The Hall–Kier alpha value is -1.80. The lowest BCUT2D eigenvalue weighted by molar-refractivity contribution is 0.164. The van der Waals surface area contributed by atoms with Gasteiger partial charge < -0.3 is 10.2 Å². The Balaban J connectivity index is -0.000000203. The molecule has 0 aromatic rings. The van der Waals surface area contributed by atoms with Gasteiger partial charge in [0.15, 0.2) is 0 Å². The van der Waals surface area contributed by atoms with Gasteiger partial charge in [-0.1, -0.05) is 117 Å². The summed E-state index contributed by atoms with van der Waals surface area (Å²) in [5.74, 6) is 0.980. The summed E-state index contributed by atoms with van der Waals surface area (Å²) in [4.78, 5) is 0. The minimum absolute atomic E-state index is 0.176. The molecule has 0 aromatic carbocycles. The lowest BCUT2D eigenvalue weighted by Gasteiger charge is -2.15. The quantitative estimate of drug-likeness (QED) is 0.193. The van der Waals surface area contributed by atoms with Gasteiger partial charge in [-0.3, -0.25) is 0 Å². The molecular formula is C29H54O2. The summed E-state index contributed by atoms with van der Waals surface area (Å²) in [6, 6.07) is 0. The van der Waals surface area contributed by atoms with Crippen molar-refractivity contribution in [2.75, 3.05) is 0 Å². The lowest BCUT2D eigenvalue weighted by atomic mass is 9.98. The molecule has 0 rings (SSSR count). The number of rotatable bonds is 11. The minimum atomic E-state index is -0.478. The highest BCUT2D eigenvalue weighted by Gasteiger charge is 2.11. The molecule has 0 aliphatic carbocycles. The van der Waals surface area contributed by atoms with Crippen LogP contribution in [0.15, 0.2) is 72.6 Å². The molecule has 0 saturated heterocycles. The molecule has 1 unspecified atom stereocenters. The van der Waals surface area contributed by atoms with Crippen molar-refractivity contribution in [3.05, 3.63) is 72.6 Å². The van der Waals surface area contributed by atoms with E-state index in [4.69, 9.17) is 5.11 Å². The van der Waals surface area contributed by atoms with Crippen LogP contribution in [-0.2, 0) is 0 Å². The van der Waals surface area contributed by atoms with Gasteiger partial charge in [0.25, 0.3) is 0 Å². The van der Waals surface area contributed by atoms with Crippen molar-refractivity contribution in [2.45, 2.75) is 101 Å². The maximum Gasteiger partial charge on any atom is 0.0812 e. The van der Waals surface area contributed by atoms with Crippen molar-refractivity contribution in [1.82, 2.24) is 0 Å². The molecule has 31 heavy (non-hydrogen) atoms. The Bertz CT molecular complexity index is 503. The Labute approximate surface area is 195 Å². The van der Waals surface area contributed by atoms with E-state index in [0.717, 1.165) is 30.6 Å². The zero-order valence-corrected chi connectivity index (χ0v) is 22.4. The summed E-state index contributed by atoms with van der Waals surface area (Å²) >= 11 is 0. The van der Waals surface area contributed by atoms with Crippen LogP contribution in [0.4, 0.5) is 0 Å². The lowest BCUT2D eigenvalue weighted by Crippen LogP contribution is -2.16. The minimum Gasteiger partial charge on any atom is -0.516 e. The van der Waals surface area contributed by atoms with Crippen molar-refractivity contribution < 1.29 is 10.2 Å². The first-order valence-corrected chi connectivity index (χ1v) is 12.1. The SMILES string of the molecule is C=CC=CCC(=CC)CCC(C)C.CC.CC.CC\C=C/C(=C\C=C\O)C(O)C(C)C. The van der Waals surface area contributed by atoms with Crippen molar-refractivity contribution >= 4 is 0 Å². The first-order chi connectivity index (χ1) is 14.8. The van der Waals surface area contributed by atoms with Crippen molar-refractivity contribution in [2.24, 2.45) is 11.8 Å². The summed E-state index contributed by atoms with van der Waals surface area (Å²) in [5, 5.41) is 18.3. The van der Waals surface area contributed by atoms with Crippen LogP contribution in [0.25, 0.3) is 0 Å². The third-order valence-electron chi connectivity index (χ3n) is 4.00. The second-order valence-electron chi connectivity index (χ2n) is 7.26. The Morgan fingerprint density at radius 3 is 1.94 bits per heavy atom. The second kappa shape index (κ2) is 30.4. The molecule has 2 N–H and O–H groups in total. The highest BCUT2D eigenvalue weighted by molar-refractivity contribution is 5.27. The summed E-state index contributed by atoms with van der Waals surface area (Å²) in [6.07, 6.45) is 20.4. The van der Waals surface area contributed by atoms with Crippen LogP contribution in [0.5, 0.6) is 0 Å². The van der Waals surface area contributed by atoms with Gasteiger partial charge >= 0.3 is 0 Å². The molecule has 0 spiro atoms. The van der Waals surface area contributed by atoms with Crippen molar-refractivity contribution in [3.8, 4) is 0 Å². The summed E-state index contributed by atoms with van der Waals surface area (Å²) < 4.78 is 0. The van der Waals surface area contributed by atoms with E-state index in [-0.39, 0.29) is 5.92 Å². The van der Waals surface area contributed by atoms with E-state index in [1.54, 1.807) is 6.08 Å². The van der Waals surface area contributed by atoms with E-state index >= 15 is 0 Å². The molecule has 0 radical (unpaired) electrons. The van der Waals surface area contributed by atoms with Crippen LogP contribution < -0.4 is 0 Å². The predicted molar refractivity (Wildman–Crippen MR) is 145 cm³/mol. The van der Waals surface area contributed by atoms with Gasteiger partial charge in [-0.25, -0.2) is 0 Å². The van der Waals surface area contributed by atoms with Crippen molar-refractivity contribution in [3.63, 3.8) is 0 Å². The van der Waals surface area contributed by atoms with Gasteiger partial charge in [0.05, 0.1) is 12.4 Å². The molecule has 2 heteroatoms. The molecule has 0 saturated carbocycles. The van der Waals surface area contributed by atoms with E-state index in [0.29, 0.717) is 0 Å². The standard InChI is InChI=1S/C13H22.C12H20O2.2C2H6/c1-5-7-8-9-13(6-2)11-10-12(3)4;1-4-5-7-11(8-6-9-13)12(14)10(2)3;2*1-2/h5-8,12H,1,9-11H2,2-4H3;5-10,12-14H,4H2,1-3H3;2*1-2H3/b;7-5-,9-6+,11-8+;;. The molecule has 1 atom stereocenters.